The van der Waals surface area contributed by atoms with Crippen LogP contribution in [-0.2, 0) is 0 Å². The number of unbranched alkanes of at least 4 members (excludes halogenated alkanes) is 1. The van der Waals surface area contributed by atoms with Gasteiger partial charge in [-0.15, -0.1) is 0 Å². The quantitative estimate of drug-likeness (QED) is 0.540. The predicted octanol–water partition coefficient (Wildman–Crippen LogP) is 3.35. The largest absolute Gasteiger partial charge is 0.0819 e. The Labute approximate surface area is 69.7 Å². The van der Waals surface area contributed by atoms with Gasteiger partial charge in [-0.2, -0.15) is 0 Å². The third-order valence-electron chi connectivity index (χ3n) is 3.17. The van der Waals surface area contributed by atoms with E-state index in [-0.39, 0.29) is 0 Å². The van der Waals surface area contributed by atoms with Crippen LogP contribution in [0.5, 0.6) is 0 Å². The summed E-state index contributed by atoms with van der Waals surface area (Å²) in [5, 5.41) is 0. The Morgan fingerprint density at radius 1 is 1.55 bits per heavy atom. The molecule has 0 heterocycles. The molecule has 0 spiro atoms. The van der Waals surface area contributed by atoms with Crippen molar-refractivity contribution in [3.05, 3.63) is 18.1 Å². The van der Waals surface area contributed by atoms with E-state index in [4.69, 9.17) is 0 Å². The van der Waals surface area contributed by atoms with Crippen LogP contribution in [0, 0.1) is 18.3 Å². The first-order valence-corrected chi connectivity index (χ1v) is 4.88. The van der Waals surface area contributed by atoms with E-state index >= 15 is 0 Å². The molecular formula is C11H17. The van der Waals surface area contributed by atoms with Crippen LogP contribution >= 0.6 is 0 Å². The molecule has 2 aliphatic rings. The van der Waals surface area contributed by atoms with E-state index in [1.807, 2.05) is 0 Å². The molecule has 0 N–H and O–H groups in total. The highest BCUT2D eigenvalue weighted by atomic mass is 14.4. The Kier molecular flexibility index (Phi) is 2.02. The topological polar surface area (TPSA) is 0 Å². The lowest BCUT2D eigenvalue weighted by molar-refractivity contribution is 0.623. The molecule has 1 radical (unpaired) electrons. The second kappa shape index (κ2) is 3.00. The summed E-state index contributed by atoms with van der Waals surface area (Å²) in [6.07, 6.45) is 11.9. The molecule has 2 bridgehead atoms. The van der Waals surface area contributed by atoms with E-state index in [1.165, 1.54) is 32.1 Å². The maximum atomic E-state index is 2.55. The Morgan fingerprint density at radius 3 is 3.00 bits per heavy atom. The van der Waals surface area contributed by atoms with Gasteiger partial charge in [0.05, 0.1) is 0 Å². The van der Waals surface area contributed by atoms with Gasteiger partial charge in [0.25, 0.3) is 0 Å². The number of allylic oxidation sites excluding steroid dienone is 2. The van der Waals surface area contributed by atoms with Crippen molar-refractivity contribution in [1.29, 1.82) is 0 Å². The van der Waals surface area contributed by atoms with Gasteiger partial charge >= 0.3 is 0 Å². The number of fused-ring (bicyclic) bond motifs is 2. The van der Waals surface area contributed by atoms with E-state index in [0.717, 1.165) is 11.8 Å². The number of rotatable bonds is 3. The van der Waals surface area contributed by atoms with Crippen LogP contribution in [-0.4, -0.2) is 0 Å². The molecule has 0 amide bonds. The zero-order valence-electron chi connectivity index (χ0n) is 7.34. The number of hydrogen-bond acceptors (Lipinski definition) is 0. The molecule has 1 fully saturated rings. The number of hydrogen-bond donors (Lipinski definition) is 0. The van der Waals surface area contributed by atoms with E-state index in [1.54, 1.807) is 5.57 Å². The van der Waals surface area contributed by atoms with Gasteiger partial charge in [-0.1, -0.05) is 18.6 Å². The second-order valence-corrected chi connectivity index (χ2v) is 3.96. The van der Waals surface area contributed by atoms with E-state index in [0.29, 0.717) is 0 Å². The van der Waals surface area contributed by atoms with Crippen molar-refractivity contribution in [3.8, 4) is 0 Å². The van der Waals surface area contributed by atoms with Crippen molar-refractivity contribution < 1.29 is 0 Å². The van der Waals surface area contributed by atoms with E-state index in [2.05, 4.69) is 19.4 Å². The van der Waals surface area contributed by atoms with Crippen LogP contribution in [0.3, 0.4) is 0 Å². The molecule has 0 aromatic rings. The van der Waals surface area contributed by atoms with Gasteiger partial charge in [0.2, 0.25) is 0 Å². The maximum Gasteiger partial charge on any atom is -0.0197 e. The molecule has 0 aliphatic heterocycles. The van der Waals surface area contributed by atoms with Crippen molar-refractivity contribution in [2.75, 3.05) is 0 Å². The van der Waals surface area contributed by atoms with Gasteiger partial charge in [0, 0.05) is 0 Å². The van der Waals surface area contributed by atoms with Crippen LogP contribution in [0.1, 0.15) is 39.0 Å². The third kappa shape index (κ3) is 1.36. The lowest BCUT2D eigenvalue weighted by Gasteiger charge is -2.11. The highest BCUT2D eigenvalue weighted by molar-refractivity contribution is 5.19. The van der Waals surface area contributed by atoms with Crippen molar-refractivity contribution in [2.45, 2.75) is 39.0 Å². The standard InChI is InChI=1S/C11H17/c1-2-3-4-10-7-9-5-6-11(10)8-9/h2,7,9,11H,3-6,8H2,1H3. The van der Waals surface area contributed by atoms with Crippen molar-refractivity contribution >= 4 is 0 Å². The lowest BCUT2D eigenvalue weighted by Crippen LogP contribution is -1.96. The Hall–Kier alpha value is -0.260. The Balaban J connectivity index is 1.90. The second-order valence-electron chi connectivity index (χ2n) is 3.96. The monoisotopic (exact) mass is 149 g/mol. The van der Waals surface area contributed by atoms with Gasteiger partial charge in [0.1, 0.15) is 0 Å². The highest BCUT2D eigenvalue weighted by Gasteiger charge is 2.31. The Morgan fingerprint density at radius 2 is 2.45 bits per heavy atom. The summed E-state index contributed by atoms with van der Waals surface area (Å²) in [5.74, 6) is 1.98. The summed E-state index contributed by atoms with van der Waals surface area (Å²) in [4.78, 5) is 0. The smallest absolute Gasteiger partial charge is 0.0197 e. The first kappa shape index (κ1) is 7.39. The van der Waals surface area contributed by atoms with Gasteiger partial charge in [-0.05, 0) is 50.4 Å². The summed E-state index contributed by atoms with van der Waals surface area (Å²) < 4.78 is 0. The molecule has 0 nitrogen and oxygen atoms in total. The minimum absolute atomic E-state index is 0.979. The minimum atomic E-state index is 0.979. The van der Waals surface area contributed by atoms with Gasteiger partial charge in [-0.3, -0.25) is 0 Å². The van der Waals surface area contributed by atoms with Crippen LogP contribution in [0.2, 0.25) is 0 Å². The van der Waals surface area contributed by atoms with E-state index < -0.39 is 0 Å². The van der Waals surface area contributed by atoms with Gasteiger partial charge in [-0.25, -0.2) is 0 Å². The van der Waals surface area contributed by atoms with Crippen LogP contribution < -0.4 is 0 Å². The maximum absolute atomic E-state index is 2.55. The first-order valence-electron chi connectivity index (χ1n) is 4.88. The summed E-state index contributed by atoms with van der Waals surface area (Å²) in [6.45, 7) is 2.16. The van der Waals surface area contributed by atoms with Crippen molar-refractivity contribution in [1.82, 2.24) is 0 Å². The highest BCUT2D eigenvalue weighted by Crippen LogP contribution is 2.45. The van der Waals surface area contributed by atoms with Crippen molar-refractivity contribution in [3.63, 3.8) is 0 Å². The molecule has 0 heteroatoms. The Bertz CT molecular complexity index is 167. The third-order valence-corrected chi connectivity index (χ3v) is 3.17. The fraction of sp³-hybridized carbons (Fsp3) is 0.727. The molecule has 1 saturated carbocycles. The van der Waals surface area contributed by atoms with Crippen LogP contribution in [0.25, 0.3) is 0 Å². The minimum Gasteiger partial charge on any atom is -0.0819 e. The van der Waals surface area contributed by atoms with Gasteiger partial charge in [0.15, 0.2) is 0 Å². The van der Waals surface area contributed by atoms with Gasteiger partial charge < -0.3 is 0 Å². The molecule has 2 rings (SSSR count). The normalized spacial score (nSPS) is 34.5. The molecule has 11 heavy (non-hydrogen) atoms. The molecular weight excluding hydrogens is 132 g/mol. The average Bonchev–Trinajstić information content (AvgIpc) is 2.60. The fourth-order valence-electron chi connectivity index (χ4n) is 2.54. The van der Waals surface area contributed by atoms with Crippen LogP contribution in [0.4, 0.5) is 0 Å². The summed E-state index contributed by atoms with van der Waals surface area (Å²) in [6, 6.07) is 0. The fourth-order valence-corrected chi connectivity index (χ4v) is 2.54. The summed E-state index contributed by atoms with van der Waals surface area (Å²) in [7, 11) is 0. The lowest BCUT2D eigenvalue weighted by atomic mass is 9.94. The molecule has 61 valence electrons. The summed E-state index contributed by atoms with van der Waals surface area (Å²) in [5.41, 5.74) is 1.78. The predicted molar refractivity (Wildman–Crippen MR) is 48.1 cm³/mol. The molecule has 0 aromatic heterocycles. The molecule has 2 unspecified atom stereocenters. The molecule has 2 atom stereocenters. The van der Waals surface area contributed by atoms with Crippen molar-refractivity contribution in [2.24, 2.45) is 11.8 Å². The van der Waals surface area contributed by atoms with E-state index in [9.17, 15) is 0 Å². The SMILES string of the molecule is C[CH]CCC1=CC2CCC1C2. The average molecular weight is 149 g/mol. The zero-order chi connectivity index (χ0) is 7.68. The molecule has 0 saturated heterocycles. The molecule has 0 aromatic carbocycles. The first-order chi connectivity index (χ1) is 5.40. The van der Waals surface area contributed by atoms with Crippen LogP contribution in [0.15, 0.2) is 11.6 Å². The molecule has 2 aliphatic carbocycles. The summed E-state index contributed by atoms with van der Waals surface area (Å²) >= 11 is 0. The zero-order valence-corrected chi connectivity index (χ0v) is 7.34.